The molecule has 0 saturated carbocycles. The Bertz CT molecular complexity index is 28.5. The van der Waals surface area contributed by atoms with E-state index in [2.05, 4.69) is 0 Å². The van der Waals surface area contributed by atoms with Crippen LogP contribution in [0.1, 0.15) is 0 Å². The third-order valence-corrected chi connectivity index (χ3v) is 0. The van der Waals surface area contributed by atoms with Gasteiger partial charge in [-0.2, -0.15) is 0 Å². The zero-order chi connectivity index (χ0) is 7.15. The van der Waals surface area contributed by atoms with Gasteiger partial charge in [0.25, 0.3) is 0 Å². The first-order valence-electron chi connectivity index (χ1n) is 0.926. The van der Waals surface area contributed by atoms with Gasteiger partial charge in [-0.1, -0.05) is 0 Å². The maximum Gasteiger partial charge on any atom is 1.00 e. The first-order chi connectivity index (χ1) is 3.46. The molecule has 0 radical (unpaired) electrons. The fourth-order valence-electron chi connectivity index (χ4n) is 0. The van der Waals surface area contributed by atoms with Crippen molar-refractivity contribution >= 4 is 0 Å². The Morgan fingerprint density at radius 2 is 0.600 bits per heavy atom. The van der Waals surface area contributed by atoms with Crippen molar-refractivity contribution in [3.63, 3.8) is 0 Å². The second-order valence-corrected chi connectivity index (χ2v) is 1.13. The summed E-state index contributed by atoms with van der Waals surface area (Å²) in [4.78, 5) is 0. The molecule has 0 aliphatic heterocycles. The summed E-state index contributed by atoms with van der Waals surface area (Å²) >= 11 is 0. The maximum atomic E-state index is 8.41. The molecular formula is H2Cl3KO6. The van der Waals surface area contributed by atoms with Crippen LogP contribution in [-0.2, 0) is 0 Å². The van der Waals surface area contributed by atoms with Crippen molar-refractivity contribution in [1.29, 1.82) is 0 Å². The van der Waals surface area contributed by atoms with E-state index in [0.717, 1.165) is 0 Å². The maximum absolute atomic E-state index is 8.41. The Morgan fingerprint density at radius 3 is 0.600 bits per heavy atom. The van der Waals surface area contributed by atoms with Crippen molar-refractivity contribution in [3.8, 4) is 0 Å². The molecule has 10 heavy (non-hydrogen) atoms. The van der Waals surface area contributed by atoms with Crippen LogP contribution >= 0.6 is 0 Å². The smallest absolute Gasteiger partial charge is 0.357 e. The van der Waals surface area contributed by atoms with Gasteiger partial charge in [0.2, 0.25) is 0 Å². The summed E-state index contributed by atoms with van der Waals surface area (Å²) in [6.45, 7) is 0. The van der Waals surface area contributed by atoms with Crippen LogP contribution in [0.2, 0.25) is 0 Å². The molecule has 0 aliphatic rings. The average Bonchev–Trinajstić information content (AvgIpc) is 1.25. The third kappa shape index (κ3) is 172. The van der Waals surface area contributed by atoms with Gasteiger partial charge < -0.3 is 28.0 Å². The molecule has 0 heterocycles. The van der Waals surface area contributed by atoms with Crippen LogP contribution in [0, 0.1) is 34.0 Å². The zero-order valence-corrected chi connectivity index (χ0v) is 10.2. The normalized spacial score (nSPS) is 7.20. The van der Waals surface area contributed by atoms with Crippen LogP contribution in [0.15, 0.2) is 0 Å². The summed E-state index contributed by atoms with van der Waals surface area (Å²) in [6.07, 6.45) is 0. The van der Waals surface area contributed by atoms with E-state index in [1.165, 1.54) is 0 Å². The molecule has 0 unspecified atom stereocenters. The molecular weight excluding hydrogens is 241 g/mol. The molecule has 0 rings (SSSR count). The number of rotatable bonds is 0. The molecule has 0 aromatic carbocycles. The number of halogens is 3. The molecule has 0 N–H and O–H groups in total. The van der Waals surface area contributed by atoms with E-state index >= 15 is 0 Å². The summed E-state index contributed by atoms with van der Waals surface area (Å²) in [5.74, 6) is 0. The van der Waals surface area contributed by atoms with Crippen molar-refractivity contribution in [2.45, 2.75) is 0 Å². The van der Waals surface area contributed by atoms with Gasteiger partial charge >= 0.3 is 51.4 Å². The van der Waals surface area contributed by atoms with Crippen molar-refractivity contribution in [3.05, 3.63) is 0 Å². The van der Waals surface area contributed by atoms with Crippen molar-refractivity contribution in [2.24, 2.45) is 0 Å². The van der Waals surface area contributed by atoms with Crippen molar-refractivity contribution < 1.29 is 113 Å². The fourth-order valence-corrected chi connectivity index (χ4v) is 0. The standard InChI is InChI=1S/2ClO3.ClH2.K/c2*2-1(3)4;;/h;;1H2;/q2*-1;2*+1. The van der Waals surface area contributed by atoms with Crippen LogP contribution in [-0.4, -0.2) is 0 Å². The van der Waals surface area contributed by atoms with Crippen LogP contribution in [0.5, 0.6) is 0 Å². The van der Waals surface area contributed by atoms with Crippen LogP contribution < -0.4 is 79.3 Å². The summed E-state index contributed by atoms with van der Waals surface area (Å²) in [5.41, 5.74) is 0. The number of hydrogen-bond acceptors (Lipinski definition) is 6. The van der Waals surface area contributed by atoms with Gasteiger partial charge in [0.1, 0.15) is 0 Å². The van der Waals surface area contributed by atoms with Gasteiger partial charge in [-0.05, 0) is 0 Å². The van der Waals surface area contributed by atoms with Crippen molar-refractivity contribution in [2.75, 3.05) is 0 Å². The molecule has 0 fully saturated rings. The largest absolute Gasteiger partial charge is 1.00 e. The minimum Gasteiger partial charge on any atom is -0.357 e. The first-order valence-corrected chi connectivity index (χ1v) is 2.78. The quantitative estimate of drug-likeness (QED) is 0.387. The molecule has 6 nitrogen and oxygen atoms in total. The second kappa shape index (κ2) is 17.4. The van der Waals surface area contributed by atoms with E-state index in [1.807, 2.05) is 0 Å². The molecule has 0 aromatic heterocycles. The molecule has 10 heteroatoms. The van der Waals surface area contributed by atoms with Gasteiger partial charge in [0.05, 0.1) is 34.0 Å². The van der Waals surface area contributed by atoms with E-state index < -0.39 is 21.6 Å². The summed E-state index contributed by atoms with van der Waals surface area (Å²) < 4.78 is 50.4. The topological polar surface area (TPSA) is 138 Å². The molecule has 0 aromatic rings. The average molecular weight is 243 g/mol. The monoisotopic (exact) mass is 242 g/mol. The number of hydrogen-bond donors (Lipinski definition) is 0. The van der Waals surface area contributed by atoms with E-state index in [4.69, 9.17) is 28.0 Å². The summed E-state index contributed by atoms with van der Waals surface area (Å²) in [6, 6.07) is 0. The predicted molar refractivity (Wildman–Crippen MR) is 2.79 cm³/mol. The van der Waals surface area contributed by atoms with Crippen LogP contribution in [0.25, 0.3) is 0 Å². The molecule has 0 saturated heterocycles. The molecule has 0 atom stereocenters. The molecule has 0 bridgehead atoms. The Labute approximate surface area is 111 Å². The van der Waals surface area contributed by atoms with Crippen LogP contribution in [0.4, 0.5) is 0 Å². The first kappa shape index (κ1) is 22.8. The summed E-state index contributed by atoms with van der Waals surface area (Å²) in [7, 11) is -5.70. The van der Waals surface area contributed by atoms with Gasteiger partial charge in [0.15, 0.2) is 0 Å². The van der Waals surface area contributed by atoms with E-state index in [1.54, 1.807) is 0 Å². The Hall–Kier alpha value is 2.27. The SMILES string of the molecule is [ClH2+].[K+].[O-][Cl+2]([O-])[O-].[O-][Cl+2]([O-])[O-]. The van der Waals surface area contributed by atoms with E-state index in [0.29, 0.717) is 0 Å². The minimum atomic E-state index is -2.85. The van der Waals surface area contributed by atoms with Gasteiger partial charge in [-0.25, -0.2) is 0 Å². The Balaban J connectivity index is -0.0000000300. The van der Waals surface area contributed by atoms with Gasteiger partial charge in [-0.15, -0.1) is 0 Å². The third-order valence-electron chi connectivity index (χ3n) is 0. The van der Waals surface area contributed by atoms with Crippen molar-refractivity contribution in [1.82, 2.24) is 0 Å². The predicted octanol–water partition coefficient (Wildman–Crippen LogP) is -10.7. The second-order valence-electron chi connectivity index (χ2n) is 0.378. The van der Waals surface area contributed by atoms with Crippen LogP contribution in [0.3, 0.4) is 0 Å². The minimum absolute atomic E-state index is 0. The molecule has 60 valence electrons. The van der Waals surface area contributed by atoms with E-state index in [-0.39, 0.29) is 63.8 Å². The molecule has 0 aliphatic carbocycles. The summed E-state index contributed by atoms with van der Waals surface area (Å²) in [5, 5.41) is 0. The van der Waals surface area contributed by atoms with E-state index in [9.17, 15) is 0 Å². The Morgan fingerprint density at radius 1 is 0.600 bits per heavy atom. The zero-order valence-electron chi connectivity index (χ0n) is 4.65. The van der Waals surface area contributed by atoms with Gasteiger partial charge in [-0.3, -0.25) is 0 Å². The fraction of sp³-hybridized carbons (Fsp3) is 0. The molecule has 0 spiro atoms. The van der Waals surface area contributed by atoms with Gasteiger partial charge in [0, 0.05) is 0 Å². The molecule has 0 amide bonds. The Kier molecular flexibility index (Phi) is 39.6.